The normalized spacial score (nSPS) is 14.3. The number of nitrogens with zero attached hydrogens (tertiary/aromatic N) is 4. The number of aromatic nitrogens is 3. The van der Waals surface area contributed by atoms with Crippen LogP contribution in [0.2, 0.25) is 0 Å². The minimum atomic E-state index is -0.896. The fraction of sp³-hybridized carbons (Fsp3) is 0.237. The summed E-state index contributed by atoms with van der Waals surface area (Å²) in [6.45, 7) is 8.81. The quantitative estimate of drug-likeness (QED) is 0.141. The molecule has 3 heterocycles. The van der Waals surface area contributed by atoms with Gasteiger partial charge in [0.2, 0.25) is 0 Å². The van der Waals surface area contributed by atoms with E-state index in [0.717, 1.165) is 17.0 Å². The Kier molecular flexibility index (Phi) is 9.82. The highest BCUT2D eigenvalue weighted by Crippen LogP contribution is 2.36. The summed E-state index contributed by atoms with van der Waals surface area (Å²) < 4.78 is 25.8. The zero-order valence-corrected chi connectivity index (χ0v) is 29.3. The number of hydrogen-bond donors (Lipinski definition) is 0. The molecule has 1 atom stereocenters. The number of methoxy groups -OCH3 is 1. The molecule has 5 aromatic rings. The average Bonchev–Trinajstić information content (AvgIpc) is 3.65. The van der Waals surface area contributed by atoms with E-state index in [9.17, 15) is 14.4 Å². The van der Waals surface area contributed by atoms with Crippen LogP contribution >= 0.6 is 11.3 Å². The predicted octanol–water partition coefficient (Wildman–Crippen LogP) is 5.37. The summed E-state index contributed by atoms with van der Waals surface area (Å²) in [4.78, 5) is 44.7. The van der Waals surface area contributed by atoms with Crippen LogP contribution in [-0.4, -0.2) is 46.1 Å². The number of para-hydroxylation sites is 1. The number of fused-ring (bicyclic) bond motifs is 1. The van der Waals surface area contributed by atoms with Crippen molar-refractivity contribution in [2.45, 2.75) is 46.8 Å². The van der Waals surface area contributed by atoms with E-state index >= 15 is 0 Å². The summed E-state index contributed by atoms with van der Waals surface area (Å²) in [5.74, 6) is 0.113. The Morgan fingerprint density at radius 2 is 1.76 bits per heavy atom. The van der Waals surface area contributed by atoms with Crippen LogP contribution in [0.1, 0.15) is 51.8 Å². The van der Waals surface area contributed by atoms with Gasteiger partial charge in [-0.2, -0.15) is 5.10 Å². The Morgan fingerprint density at radius 3 is 2.42 bits per heavy atom. The third-order valence-corrected chi connectivity index (χ3v) is 8.81. The standard InChI is InChI=1S/C38H36N4O7S/c1-7-47-37(45)33-23(4)39-38-42(35(33)26-15-18-30(49-24(5)43)31(19-26)46-6)36(44)32(50-38)20-27-21-41(28-11-9-8-10-12-28)40-34(27)25-13-16-29(17-14-25)48-22(2)3/h8-22,35H,7H2,1-6H3/b32-20-. The van der Waals surface area contributed by atoms with E-state index in [2.05, 4.69) is 0 Å². The molecule has 0 aliphatic carbocycles. The third kappa shape index (κ3) is 6.88. The Morgan fingerprint density at radius 1 is 1.02 bits per heavy atom. The van der Waals surface area contributed by atoms with Gasteiger partial charge in [-0.1, -0.05) is 35.6 Å². The molecule has 256 valence electrons. The maximum atomic E-state index is 14.4. The smallest absolute Gasteiger partial charge is 0.338 e. The maximum absolute atomic E-state index is 14.4. The fourth-order valence-electron chi connectivity index (χ4n) is 5.74. The Bertz CT molecular complexity index is 2280. The van der Waals surface area contributed by atoms with Gasteiger partial charge in [-0.05, 0) is 87.9 Å². The average molecular weight is 693 g/mol. The first-order chi connectivity index (χ1) is 24.1. The summed E-state index contributed by atoms with van der Waals surface area (Å²) in [5.41, 5.74) is 3.91. The first-order valence-electron chi connectivity index (χ1n) is 16.1. The van der Waals surface area contributed by atoms with Crippen molar-refractivity contribution in [2.24, 2.45) is 4.99 Å². The van der Waals surface area contributed by atoms with Gasteiger partial charge >= 0.3 is 11.9 Å². The molecule has 0 N–H and O–H groups in total. The molecule has 0 saturated heterocycles. The number of carbonyl (C=O) groups excluding carboxylic acids is 2. The number of thiazole rings is 1. The molecule has 0 spiro atoms. The first kappa shape index (κ1) is 34.1. The molecule has 1 unspecified atom stereocenters. The topological polar surface area (TPSA) is 123 Å². The second-order valence-electron chi connectivity index (χ2n) is 11.7. The molecule has 3 aromatic carbocycles. The zero-order chi connectivity index (χ0) is 35.5. The lowest BCUT2D eigenvalue weighted by atomic mass is 9.95. The highest BCUT2D eigenvalue weighted by Gasteiger charge is 2.34. The summed E-state index contributed by atoms with van der Waals surface area (Å²) in [7, 11) is 1.45. The van der Waals surface area contributed by atoms with E-state index in [1.807, 2.05) is 74.6 Å². The predicted molar refractivity (Wildman–Crippen MR) is 189 cm³/mol. The van der Waals surface area contributed by atoms with Gasteiger partial charge in [-0.15, -0.1) is 0 Å². The van der Waals surface area contributed by atoms with Crippen molar-refractivity contribution < 1.29 is 28.5 Å². The number of allylic oxidation sites excluding steroid dienone is 1. The van der Waals surface area contributed by atoms with Gasteiger partial charge in [0.25, 0.3) is 5.56 Å². The molecular weight excluding hydrogens is 657 g/mol. The largest absolute Gasteiger partial charge is 0.493 e. The highest BCUT2D eigenvalue weighted by atomic mass is 32.1. The number of ether oxygens (including phenoxy) is 4. The fourth-order valence-corrected chi connectivity index (χ4v) is 6.77. The van der Waals surface area contributed by atoms with Crippen LogP contribution < -0.4 is 29.1 Å². The number of carbonyl (C=O) groups is 2. The molecule has 1 aliphatic rings. The van der Waals surface area contributed by atoms with Gasteiger partial charge in [0.05, 0.1) is 47.4 Å². The molecule has 0 saturated carbocycles. The summed E-state index contributed by atoms with van der Waals surface area (Å²) in [6.07, 6.45) is 3.71. The molecule has 0 radical (unpaired) electrons. The number of rotatable bonds is 10. The molecule has 1 aliphatic heterocycles. The molecule has 12 heteroatoms. The maximum Gasteiger partial charge on any atom is 0.338 e. The van der Waals surface area contributed by atoms with Gasteiger partial charge < -0.3 is 18.9 Å². The van der Waals surface area contributed by atoms with Crippen LogP contribution in [-0.2, 0) is 14.3 Å². The first-order valence-corrected chi connectivity index (χ1v) is 16.9. The van der Waals surface area contributed by atoms with Crippen molar-refractivity contribution in [1.29, 1.82) is 0 Å². The monoisotopic (exact) mass is 692 g/mol. The SMILES string of the molecule is CCOC(=O)C1=C(C)N=c2s/c(=C\c3cn(-c4ccccc4)nc3-c3ccc(OC(C)C)cc3)c(=O)n2C1c1ccc(OC(C)=O)c(OC)c1. The van der Waals surface area contributed by atoms with Crippen molar-refractivity contribution >= 4 is 29.4 Å². The van der Waals surface area contributed by atoms with Crippen molar-refractivity contribution in [2.75, 3.05) is 13.7 Å². The van der Waals surface area contributed by atoms with E-state index in [1.54, 1.807) is 42.8 Å². The molecule has 0 amide bonds. The summed E-state index contributed by atoms with van der Waals surface area (Å²) in [5, 5.41) is 4.92. The molecule has 6 rings (SSSR count). The Hall–Kier alpha value is -5.75. The van der Waals surface area contributed by atoms with Crippen LogP contribution in [0.4, 0.5) is 0 Å². The molecule has 50 heavy (non-hydrogen) atoms. The second kappa shape index (κ2) is 14.4. The summed E-state index contributed by atoms with van der Waals surface area (Å²) >= 11 is 1.21. The molecule has 0 bridgehead atoms. The van der Waals surface area contributed by atoms with Gasteiger partial charge in [-0.25, -0.2) is 14.5 Å². The Balaban J connectivity index is 1.53. The van der Waals surface area contributed by atoms with Crippen molar-refractivity contribution in [1.82, 2.24) is 14.3 Å². The van der Waals surface area contributed by atoms with Crippen LogP contribution in [0.5, 0.6) is 17.2 Å². The Labute approximate surface area is 292 Å². The van der Waals surface area contributed by atoms with Gasteiger partial charge in [0.1, 0.15) is 11.4 Å². The highest BCUT2D eigenvalue weighted by molar-refractivity contribution is 7.07. The zero-order valence-electron chi connectivity index (χ0n) is 28.5. The second-order valence-corrected chi connectivity index (χ2v) is 12.7. The van der Waals surface area contributed by atoms with Crippen LogP contribution in [0, 0.1) is 0 Å². The molecule has 2 aromatic heterocycles. The minimum absolute atomic E-state index is 0.0319. The van der Waals surface area contributed by atoms with Crippen LogP contribution in [0.25, 0.3) is 23.0 Å². The van der Waals surface area contributed by atoms with Crippen molar-refractivity contribution in [3.05, 3.63) is 121 Å². The van der Waals surface area contributed by atoms with E-state index in [4.69, 9.17) is 29.0 Å². The number of benzene rings is 3. The van der Waals surface area contributed by atoms with E-state index in [-0.39, 0.29) is 35.3 Å². The van der Waals surface area contributed by atoms with E-state index in [1.165, 1.54) is 29.9 Å². The van der Waals surface area contributed by atoms with Gasteiger partial charge in [0.15, 0.2) is 16.3 Å². The summed E-state index contributed by atoms with van der Waals surface area (Å²) in [6, 6.07) is 21.4. The number of hydrogen-bond acceptors (Lipinski definition) is 10. The lowest BCUT2D eigenvalue weighted by Crippen LogP contribution is -2.40. The van der Waals surface area contributed by atoms with E-state index in [0.29, 0.717) is 31.9 Å². The third-order valence-electron chi connectivity index (χ3n) is 7.82. The molecule has 0 fully saturated rings. The number of esters is 2. The van der Waals surface area contributed by atoms with Crippen LogP contribution in [0.3, 0.4) is 0 Å². The van der Waals surface area contributed by atoms with Gasteiger partial charge in [-0.3, -0.25) is 14.2 Å². The lowest BCUT2D eigenvalue weighted by molar-refractivity contribution is -0.139. The van der Waals surface area contributed by atoms with Crippen molar-refractivity contribution in [3.8, 4) is 34.2 Å². The van der Waals surface area contributed by atoms with E-state index < -0.39 is 18.0 Å². The molecular formula is C38H36N4O7S. The lowest BCUT2D eigenvalue weighted by Gasteiger charge is -2.25. The van der Waals surface area contributed by atoms with Crippen molar-refractivity contribution in [3.63, 3.8) is 0 Å². The minimum Gasteiger partial charge on any atom is -0.493 e. The molecule has 11 nitrogen and oxygen atoms in total. The van der Waals surface area contributed by atoms with Gasteiger partial charge in [0, 0.05) is 24.2 Å². The van der Waals surface area contributed by atoms with Crippen LogP contribution in [0.15, 0.2) is 100 Å².